The number of para-hydroxylation sites is 2. The molecule has 0 aliphatic carbocycles. The van der Waals surface area contributed by atoms with Gasteiger partial charge in [0.15, 0.2) is 6.29 Å². The van der Waals surface area contributed by atoms with Gasteiger partial charge in [0.25, 0.3) is 0 Å². The molecular weight excluding hydrogens is 548 g/mol. The second-order valence-electron chi connectivity index (χ2n) is 9.57. The standard InChI is InChI=1S/C26H32N2O13/c27-14-7-3-1-5-12(14)23(35)37-9-16-18(30)20(32)21(33)25(39-16)41-26(11-29)22(34)19(31)17(40-26)10-38-24(36)13-6-2-4-8-15(13)28/h1-8,16-22,25,29-34H,9-11,27-28H2/t16-,17-,18-,19+,20+,21-,22-,25+,26-/m0/s1. The van der Waals surface area contributed by atoms with Gasteiger partial charge in [-0.15, -0.1) is 0 Å². The average molecular weight is 581 g/mol. The lowest BCUT2D eigenvalue weighted by molar-refractivity contribution is -0.383. The van der Waals surface area contributed by atoms with Crippen molar-refractivity contribution in [2.75, 3.05) is 31.3 Å². The normalized spacial score (nSPS) is 33.3. The van der Waals surface area contributed by atoms with Gasteiger partial charge in [-0.05, 0) is 24.3 Å². The van der Waals surface area contributed by atoms with E-state index in [1.165, 1.54) is 24.3 Å². The second-order valence-corrected chi connectivity index (χ2v) is 9.57. The van der Waals surface area contributed by atoms with Gasteiger partial charge in [-0.2, -0.15) is 0 Å². The summed E-state index contributed by atoms with van der Waals surface area (Å²) in [6.45, 7) is -2.29. The van der Waals surface area contributed by atoms with Gasteiger partial charge in [-0.25, -0.2) is 9.59 Å². The molecule has 15 heteroatoms. The van der Waals surface area contributed by atoms with Crippen molar-refractivity contribution in [3.05, 3.63) is 59.7 Å². The minimum Gasteiger partial charge on any atom is -0.459 e. The Morgan fingerprint density at radius 3 is 1.78 bits per heavy atom. The predicted molar refractivity (Wildman–Crippen MR) is 137 cm³/mol. The van der Waals surface area contributed by atoms with E-state index in [0.29, 0.717) is 0 Å². The van der Waals surface area contributed by atoms with Crippen molar-refractivity contribution in [3.63, 3.8) is 0 Å². The lowest BCUT2D eigenvalue weighted by Crippen LogP contribution is -2.62. The molecule has 0 unspecified atom stereocenters. The molecule has 0 spiro atoms. The van der Waals surface area contributed by atoms with Crippen molar-refractivity contribution < 1.29 is 63.9 Å². The van der Waals surface area contributed by atoms with E-state index in [1.807, 2.05) is 0 Å². The number of rotatable bonds is 9. The summed E-state index contributed by atoms with van der Waals surface area (Å²) in [5.41, 5.74) is 11.9. The maximum atomic E-state index is 12.4. The van der Waals surface area contributed by atoms with E-state index in [0.717, 1.165) is 0 Å². The highest BCUT2D eigenvalue weighted by Gasteiger charge is 2.58. The zero-order valence-corrected chi connectivity index (χ0v) is 21.6. The third-order valence-corrected chi connectivity index (χ3v) is 6.83. The Bertz CT molecular complexity index is 1230. The zero-order valence-electron chi connectivity index (χ0n) is 21.6. The number of nitrogens with two attached hydrogens (primary N) is 2. The highest BCUT2D eigenvalue weighted by Crippen LogP contribution is 2.36. The number of anilines is 2. The maximum Gasteiger partial charge on any atom is 0.340 e. The summed E-state index contributed by atoms with van der Waals surface area (Å²) < 4.78 is 26.9. The summed E-state index contributed by atoms with van der Waals surface area (Å²) >= 11 is 0. The van der Waals surface area contributed by atoms with Crippen LogP contribution >= 0.6 is 0 Å². The number of benzene rings is 2. The fourth-order valence-electron chi connectivity index (χ4n) is 4.44. The third-order valence-electron chi connectivity index (χ3n) is 6.83. The topological polar surface area (TPSA) is 254 Å². The fraction of sp³-hybridized carbons (Fsp3) is 0.462. The SMILES string of the molecule is Nc1ccccc1C(=O)OC[C@@H]1O[C@H](O[C@]2(CO)O[C@@H](COC(=O)c3ccccc3N)[C@@H](O)[C@@H]2O)[C@@H](O)[C@H](O)[C@H]1O. The highest BCUT2D eigenvalue weighted by atomic mass is 16.8. The number of nitrogen functional groups attached to an aromatic ring is 2. The number of ether oxygens (including phenoxy) is 5. The van der Waals surface area contributed by atoms with Crippen LogP contribution in [0, 0.1) is 0 Å². The minimum atomic E-state index is -2.42. The van der Waals surface area contributed by atoms with E-state index in [2.05, 4.69) is 0 Å². The van der Waals surface area contributed by atoms with E-state index in [1.54, 1.807) is 24.3 Å². The Kier molecular flexibility index (Phi) is 9.43. The number of carbonyl (C=O) groups excluding carboxylic acids is 2. The fourth-order valence-corrected chi connectivity index (χ4v) is 4.44. The van der Waals surface area contributed by atoms with Crippen molar-refractivity contribution >= 4 is 23.3 Å². The second kappa shape index (κ2) is 12.6. The molecule has 9 atom stereocenters. The van der Waals surface area contributed by atoms with Gasteiger partial charge in [-0.3, -0.25) is 0 Å². The van der Waals surface area contributed by atoms with Gasteiger partial charge in [0.1, 0.15) is 62.5 Å². The van der Waals surface area contributed by atoms with E-state index < -0.39 is 86.6 Å². The summed E-state index contributed by atoms with van der Waals surface area (Å²) in [7, 11) is 0. The van der Waals surface area contributed by atoms with Crippen LogP contribution in [0.1, 0.15) is 20.7 Å². The van der Waals surface area contributed by atoms with Crippen LogP contribution in [0.3, 0.4) is 0 Å². The largest absolute Gasteiger partial charge is 0.459 e. The van der Waals surface area contributed by atoms with Crippen molar-refractivity contribution in [3.8, 4) is 0 Å². The Labute approximate surface area is 233 Å². The lowest BCUT2D eigenvalue weighted by atomic mass is 9.99. The number of carbonyl (C=O) groups is 2. The van der Waals surface area contributed by atoms with Gasteiger partial charge < -0.3 is 65.8 Å². The molecule has 2 fully saturated rings. The van der Waals surface area contributed by atoms with Crippen molar-refractivity contribution in [2.24, 2.45) is 0 Å². The Hall–Kier alpha value is -3.38. The van der Waals surface area contributed by atoms with Gasteiger partial charge in [-0.1, -0.05) is 24.3 Å². The van der Waals surface area contributed by atoms with E-state index in [4.69, 9.17) is 35.2 Å². The third kappa shape index (κ3) is 6.28. The van der Waals surface area contributed by atoms with Crippen LogP contribution in [0.5, 0.6) is 0 Å². The zero-order chi connectivity index (χ0) is 29.9. The van der Waals surface area contributed by atoms with Crippen LogP contribution in [-0.4, -0.2) is 117 Å². The molecule has 2 aromatic rings. The first kappa shape index (κ1) is 30.6. The number of aliphatic hydroxyl groups is 6. The summed E-state index contributed by atoms with van der Waals surface area (Å²) in [5.74, 6) is -4.11. The van der Waals surface area contributed by atoms with E-state index in [-0.39, 0.29) is 22.5 Å². The Morgan fingerprint density at radius 1 is 0.756 bits per heavy atom. The highest BCUT2D eigenvalue weighted by molar-refractivity contribution is 5.95. The number of hydrogen-bond donors (Lipinski definition) is 8. The monoisotopic (exact) mass is 580 g/mol. The molecule has 0 radical (unpaired) electrons. The molecule has 2 heterocycles. The number of esters is 2. The molecule has 2 saturated heterocycles. The lowest BCUT2D eigenvalue weighted by Gasteiger charge is -2.43. The molecule has 10 N–H and O–H groups in total. The molecule has 0 saturated carbocycles. The molecule has 15 nitrogen and oxygen atoms in total. The van der Waals surface area contributed by atoms with Crippen LogP contribution in [0.2, 0.25) is 0 Å². The van der Waals surface area contributed by atoms with Gasteiger partial charge in [0, 0.05) is 11.4 Å². The molecule has 2 aromatic carbocycles. The molecule has 2 aliphatic rings. The number of hydrogen-bond acceptors (Lipinski definition) is 15. The summed E-state index contributed by atoms with van der Waals surface area (Å²) in [6, 6.07) is 12.1. The van der Waals surface area contributed by atoms with Gasteiger partial charge >= 0.3 is 11.9 Å². The van der Waals surface area contributed by atoms with Crippen molar-refractivity contribution in [1.82, 2.24) is 0 Å². The van der Waals surface area contributed by atoms with Crippen LogP contribution in [0.25, 0.3) is 0 Å². The van der Waals surface area contributed by atoms with Crippen LogP contribution in [-0.2, 0) is 23.7 Å². The molecule has 2 aliphatic heterocycles. The first-order valence-electron chi connectivity index (χ1n) is 12.5. The van der Waals surface area contributed by atoms with Crippen LogP contribution in [0.4, 0.5) is 11.4 Å². The number of aliphatic hydroxyl groups excluding tert-OH is 6. The molecule has 224 valence electrons. The Morgan fingerprint density at radius 2 is 1.27 bits per heavy atom. The first-order valence-corrected chi connectivity index (χ1v) is 12.5. The maximum absolute atomic E-state index is 12.4. The average Bonchev–Trinajstić information content (AvgIpc) is 3.20. The first-order chi connectivity index (χ1) is 19.5. The summed E-state index contributed by atoms with van der Waals surface area (Å²) in [5, 5.41) is 62.5. The van der Waals surface area contributed by atoms with Crippen molar-refractivity contribution in [2.45, 2.75) is 54.8 Å². The van der Waals surface area contributed by atoms with E-state index in [9.17, 15) is 40.2 Å². The molecule has 4 rings (SSSR count). The van der Waals surface area contributed by atoms with Gasteiger partial charge in [0.05, 0.1) is 11.1 Å². The van der Waals surface area contributed by atoms with Gasteiger partial charge in [0.2, 0.25) is 5.79 Å². The summed E-state index contributed by atoms with van der Waals surface area (Å²) in [6.07, 6.45) is -14.0. The molecular formula is C26H32N2O13. The minimum absolute atomic E-state index is 0.0450. The smallest absolute Gasteiger partial charge is 0.340 e. The Balaban J connectivity index is 1.42. The van der Waals surface area contributed by atoms with Crippen LogP contribution in [0.15, 0.2) is 48.5 Å². The molecule has 0 bridgehead atoms. The molecule has 0 amide bonds. The van der Waals surface area contributed by atoms with E-state index >= 15 is 0 Å². The molecule has 0 aromatic heterocycles. The molecule has 41 heavy (non-hydrogen) atoms. The predicted octanol–water partition coefficient (Wildman–Crippen LogP) is -2.50. The quantitative estimate of drug-likeness (QED) is 0.113. The van der Waals surface area contributed by atoms with Crippen molar-refractivity contribution in [1.29, 1.82) is 0 Å². The summed E-state index contributed by atoms with van der Waals surface area (Å²) in [4.78, 5) is 24.8. The van der Waals surface area contributed by atoms with Crippen LogP contribution < -0.4 is 11.5 Å².